The third-order valence-electron chi connectivity index (χ3n) is 20.4. The molecule has 0 unspecified atom stereocenters. The lowest BCUT2D eigenvalue weighted by Gasteiger charge is -2.43. The predicted octanol–water partition coefficient (Wildman–Crippen LogP) is 18.6. The number of anilines is 2. The molecule has 0 radical (unpaired) electrons. The molecule has 2 aliphatic heterocycles. The van der Waals surface area contributed by atoms with Gasteiger partial charge in [0, 0.05) is 69.8 Å². The lowest BCUT2D eigenvalue weighted by molar-refractivity contribution is 0.332. The zero-order chi connectivity index (χ0) is 52.3. The largest absolute Gasteiger partial charge is 0.456 e. The van der Waals surface area contributed by atoms with Gasteiger partial charge < -0.3 is 13.8 Å². The average molecular weight is 1010 g/mol. The Morgan fingerprint density at radius 2 is 1.12 bits per heavy atom. The van der Waals surface area contributed by atoms with Crippen molar-refractivity contribution in [3.63, 3.8) is 0 Å². The molecule has 376 valence electrons. The molecule has 0 amide bonds. The molecule has 11 aromatic rings. The van der Waals surface area contributed by atoms with E-state index in [0.29, 0.717) is 0 Å². The number of hydrogen-bond acceptors (Lipinski definition) is 3. The van der Waals surface area contributed by atoms with Gasteiger partial charge in [0.2, 0.25) is 0 Å². The maximum absolute atomic E-state index is 7.27. The number of fused-ring (bicyclic) bond motifs is 21. The second-order valence-electron chi connectivity index (χ2n) is 28.2. The van der Waals surface area contributed by atoms with Crippen LogP contribution in [0.2, 0.25) is 0 Å². The van der Waals surface area contributed by atoms with Crippen molar-refractivity contribution >= 4 is 104 Å². The van der Waals surface area contributed by atoms with Gasteiger partial charge in [-0.15, -0.1) is 11.3 Å². The highest BCUT2D eigenvalue weighted by atomic mass is 32.1. The summed E-state index contributed by atoms with van der Waals surface area (Å²) in [7, 11) is 0. The molecule has 0 bridgehead atoms. The van der Waals surface area contributed by atoms with Gasteiger partial charge in [-0.3, -0.25) is 0 Å². The van der Waals surface area contributed by atoms with Crippen molar-refractivity contribution in [2.24, 2.45) is 0 Å². The second kappa shape index (κ2) is 14.1. The molecule has 0 saturated heterocycles. The zero-order valence-corrected chi connectivity index (χ0v) is 47.5. The number of aromatic nitrogens is 1. The summed E-state index contributed by atoms with van der Waals surface area (Å²) in [5.41, 5.74) is 26.6. The van der Waals surface area contributed by atoms with E-state index in [1.54, 1.807) is 0 Å². The van der Waals surface area contributed by atoms with Gasteiger partial charge in [0.15, 0.2) is 0 Å². The van der Waals surface area contributed by atoms with Gasteiger partial charge in [0.25, 0.3) is 0 Å². The Labute approximate surface area is 452 Å². The van der Waals surface area contributed by atoms with Crippen LogP contribution in [0.4, 0.5) is 11.4 Å². The highest BCUT2D eigenvalue weighted by Crippen LogP contribution is 2.58. The van der Waals surface area contributed by atoms with Gasteiger partial charge in [-0.2, -0.15) is 0 Å². The standard InChI is InChI=1S/C71H67BN2OS/c1-66(2,3)38-22-24-39(25-23-38)74-55-33-44-43-30-49-52(70(10,11)29-27-67(49,4)5)37-58(43)75-57(44)34-46(55)60-61-41-19-15-17-21-59(41)76-65(61)62-45-31-50-51(69(8,9)28-26-68(50,6)7)36-54(45)73-56-32-42-40-18-14-16-20-47(40)71(12,13)48(42)35-53(56)72(74)63(60)64(62)73/h14-25,30-37H,26-29H2,1-13H3. The van der Waals surface area contributed by atoms with Gasteiger partial charge in [0.05, 0.1) is 11.0 Å². The molecule has 0 saturated carbocycles. The zero-order valence-electron chi connectivity index (χ0n) is 46.7. The van der Waals surface area contributed by atoms with Crippen LogP contribution in [0.25, 0.3) is 91.9 Å². The number of thiophene rings is 1. The molecule has 0 N–H and O–H groups in total. The molecule has 0 atom stereocenters. The van der Waals surface area contributed by atoms with Crippen molar-refractivity contribution in [3.05, 3.63) is 160 Å². The molecule has 76 heavy (non-hydrogen) atoms. The molecule has 5 heteroatoms. The van der Waals surface area contributed by atoms with Crippen LogP contribution in [-0.4, -0.2) is 11.4 Å². The summed E-state index contributed by atoms with van der Waals surface area (Å²) < 4.78 is 12.8. The fraction of sp³-hybridized carbons (Fsp3) is 0.324. The summed E-state index contributed by atoms with van der Waals surface area (Å²) in [6.45, 7) is 31.5. The van der Waals surface area contributed by atoms with Crippen LogP contribution in [0.5, 0.6) is 0 Å². The van der Waals surface area contributed by atoms with Crippen molar-refractivity contribution in [3.8, 4) is 27.9 Å². The number of benzene rings is 8. The summed E-state index contributed by atoms with van der Waals surface area (Å²) in [4.78, 5) is 2.77. The maximum atomic E-state index is 7.27. The van der Waals surface area contributed by atoms with Crippen LogP contribution in [0.1, 0.15) is 155 Å². The first-order valence-corrected chi connectivity index (χ1v) is 29.1. The Bertz CT molecular complexity index is 4480. The van der Waals surface area contributed by atoms with Crippen LogP contribution < -0.4 is 15.7 Å². The Kier molecular flexibility index (Phi) is 8.48. The number of furan rings is 1. The molecule has 0 fully saturated rings. The van der Waals surface area contributed by atoms with E-state index in [0.717, 1.165) is 17.6 Å². The number of rotatable bonds is 1. The van der Waals surface area contributed by atoms with Gasteiger partial charge in [0.1, 0.15) is 11.2 Å². The predicted molar refractivity (Wildman–Crippen MR) is 327 cm³/mol. The third-order valence-corrected chi connectivity index (χ3v) is 21.6. The molecule has 3 nitrogen and oxygen atoms in total. The van der Waals surface area contributed by atoms with Crippen LogP contribution >= 0.6 is 11.3 Å². The van der Waals surface area contributed by atoms with Crippen LogP contribution in [-0.2, 0) is 32.5 Å². The van der Waals surface area contributed by atoms with E-state index in [-0.39, 0.29) is 39.3 Å². The van der Waals surface area contributed by atoms with E-state index in [1.165, 1.54) is 161 Å². The Morgan fingerprint density at radius 3 is 1.82 bits per heavy atom. The van der Waals surface area contributed by atoms with E-state index >= 15 is 0 Å². The lowest BCUT2D eigenvalue weighted by Crippen LogP contribution is -2.60. The normalized spacial score (nSPS) is 18.9. The third kappa shape index (κ3) is 5.66. The van der Waals surface area contributed by atoms with Gasteiger partial charge >= 0.3 is 6.85 Å². The fourth-order valence-corrected chi connectivity index (χ4v) is 17.0. The Balaban J connectivity index is 1.13. The molecule has 3 aromatic heterocycles. The molecule has 16 rings (SSSR count). The number of hydrogen-bond donors (Lipinski definition) is 0. The minimum Gasteiger partial charge on any atom is -0.456 e. The monoisotopic (exact) mass is 1010 g/mol. The summed E-state index contributed by atoms with van der Waals surface area (Å²) in [6, 6.07) is 48.7. The Morgan fingerprint density at radius 1 is 0.513 bits per heavy atom. The summed E-state index contributed by atoms with van der Waals surface area (Å²) in [5.74, 6) is 0. The first-order chi connectivity index (χ1) is 36.0. The van der Waals surface area contributed by atoms with Crippen molar-refractivity contribution in [2.45, 2.75) is 148 Å². The molecule has 5 heterocycles. The van der Waals surface area contributed by atoms with E-state index in [1.807, 2.05) is 11.3 Å². The second-order valence-corrected chi connectivity index (χ2v) is 29.2. The SMILES string of the molecule is CC(C)(C)c1ccc(N2B3c4cc5c(cc4-n4c6cc7c(cc6c6c8sc9ccccc9c8c(c3c64)-c3cc4oc6cc8c(cc6c4cc32)C(C)(C)CCC8(C)C)C(C)(C)CCC7(C)C)-c2ccccc2C5(C)C)cc1. The molecule has 5 aliphatic rings. The van der Waals surface area contributed by atoms with E-state index in [4.69, 9.17) is 4.42 Å². The number of nitrogens with zero attached hydrogens (tertiary/aromatic N) is 2. The van der Waals surface area contributed by atoms with Crippen molar-refractivity contribution in [1.82, 2.24) is 4.57 Å². The molecule has 8 aromatic carbocycles. The fourth-order valence-electron chi connectivity index (χ4n) is 15.8. The van der Waals surface area contributed by atoms with E-state index in [9.17, 15) is 0 Å². The van der Waals surface area contributed by atoms with E-state index < -0.39 is 0 Å². The summed E-state index contributed by atoms with van der Waals surface area (Å²) >= 11 is 1.99. The average Bonchev–Trinajstić information content (AvgIpc) is 4.22. The summed E-state index contributed by atoms with van der Waals surface area (Å²) in [5, 5.41) is 7.89. The highest BCUT2D eigenvalue weighted by molar-refractivity contribution is 7.27. The van der Waals surface area contributed by atoms with Crippen LogP contribution in [0.3, 0.4) is 0 Å². The first kappa shape index (κ1) is 45.6. The van der Waals surface area contributed by atoms with Crippen molar-refractivity contribution in [1.29, 1.82) is 0 Å². The van der Waals surface area contributed by atoms with Crippen molar-refractivity contribution < 1.29 is 4.42 Å². The molecular formula is C71H67BN2OS. The molecular weight excluding hydrogens is 940 g/mol. The van der Waals surface area contributed by atoms with Crippen LogP contribution in [0, 0.1) is 0 Å². The van der Waals surface area contributed by atoms with Gasteiger partial charge in [-0.05, 0) is 180 Å². The maximum Gasteiger partial charge on any atom is 0.333 e. The lowest BCUT2D eigenvalue weighted by atomic mass is 9.43. The molecule has 3 aliphatic carbocycles. The van der Waals surface area contributed by atoms with Crippen LogP contribution in [0.15, 0.2) is 126 Å². The van der Waals surface area contributed by atoms with Gasteiger partial charge in [-0.1, -0.05) is 151 Å². The first-order valence-electron chi connectivity index (χ1n) is 28.3. The smallest absolute Gasteiger partial charge is 0.333 e. The minimum absolute atomic E-state index is 0.00782. The van der Waals surface area contributed by atoms with Gasteiger partial charge in [-0.25, -0.2) is 0 Å². The quantitative estimate of drug-likeness (QED) is 0.153. The highest BCUT2D eigenvalue weighted by Gasteiger charge is 2.49. The van der Waals surface area contributed by atoms with Crippen molar-refractivity contribution in [2.75, 3.05) is 4.81 Å². The topological polar surface area (TPSA) is 21.3 Å². The summed E-state index contributed by atoms with van der Waals surface area (Å²) in [6.07, 6.45) is 4.67. The molecule has 0 spiro atoms. The Hall–Kier alpha value is -6.56. The van der Waals surface area contributed by atoms with E-state index in [2.05, 4.69) is 221 Å². The minimum atomic E-state index is -0.185.